The summed E-state index contributed by atoms with van der Waals surface area (Å²) in [6, 6.07) is 2.48. The minimum atomic E-state index is -1.02. The van der Waals surface area contributed by atoms with Gasteiger partial charge in [-0.15, -0.1) is 6.42 Å². The van der Waals surface area contributed by atoms with Crippen LogP contribution in [0.1, 0.15) is 0 Å². The predicted octanol–water partition coefficient (Wildman–Crippen LogP) is 1.72. The molecule has 2 N–H and O–H groups in total. The van der Waals surface area contributed by atoms with Crippen LogP contribution >= 0.6 is 0 Å². The van der Waals surface area contributed by atoms with Gasteiger partial charge in [-0.25, -0.2) is 13.6 Å². The first kappa shape index (κ1) is 11.0. The molecule has 0 aliphatic heterocycles. The molecule has 1 rings (SSSR count). The second-order valence-electron chi connectivity index (χ2n) is 2.64. The summed E-state index contributed by atoms with van der Waals surface area (Å²) < 4.78 is 25.2. The maximum Gasteiger partial charge on any atom is 0.319 e. The van der Waals surface area contributed by atoms with Gasteiger partial charge in [-0.1, -0.05) is 5.92 Å². The summed E-state index contributed by atoms with van der Waals surface area (Å²) in [6.45, 7) is 0.0650. The summed E-state index contributed by atoms with van der Waals surface area (Å²) in [7, 11) is 0. The third-order valence-corrected chi connectivity index (χ3v) is 1.53. The van der Waals surface area contributed by atoms with Gasteiger partial charge in [-0.2, -0.15) is 0 Å². The fraction of sp³-hybridized carbons (Fsp3) is 0.100. The number of nitrogens with one attached hydrogen (secondary N) is 2. The number of urea groups is 1. The summed E-state index contributed by atoms with van der Waals surface area (Å²) in [4.78, 5) is 11.0. The molecule has 1 aromatic carbocycles. The van der Waals surface area contributed by atoms with Gasteiger partial charge in [0.2, 0.25) is 0 Å². The van der Waals surface area contributed by atoms with Crippen molar-refractivity contribution in [3.63, 3.8) is 0 Å². The zero-order valence-electron chi connectivity index (χ0n) is 7.68. The van der Waals surface area contributed by atoms with Crippen molar-refractivity contribution in [3.8, 4) is 12.3 Å². The Hall–Kier alpha value is -2.09. The average molecular weight is 210 g/mol. The lowest BCUT2D eigenvalue weighted by atomic mass is 10.3. The summed E-state index contributed by atoms with van der Waals surface area (Å²) in [6.07, 6.45) is 4.91. The van der Waals surface area contributed by atoms with Crippen LogP contribution in [0.15, 0.2) is 18.2 Å². The van der Waals surface area contributed by atoms with Gasteiger partial charge in [0, 0.05) is 11.8 Å². The molecule has 15 heavy (non-hydrogen) atoms. The van der Waals surface area contributed by atoms with Crippen LogP contribution in [-0.2, 0) is 0 Å². The molecule has 2 amide bonds. The van der Waals surface area contributed by atoms with Crippen LogP contribution in [0.5, 0.6) is 0 Å². The zero-order chi connectivity index (χ0) is 11.3. The van der Waals surface area contributed by atoms with Gasteiger partial charge in [-0.3, -0.25) is 0 Å². The molecule has 0 fully saturated rings. The van der Waals surface area contributed by atoms with Crippen LogP contribution < -0.4 is 10.6 Å². The Balaban J connectivity index is 2.62. The molecular weight excluding hydrogens is 202 g/mol. The normalized spacial score (nSPS) is 9.13. The molecule has 0 aliphatic carbocycles. The van der Waals surface area contributed by atoms with Crippen LogP contribution in [0.3, 0.4) is 0 Å². The first-order valence-electron chi connectivity index (χ1n) is 4.07. The lowest BCUT2D eigenvalue weighted by molar-refractivity contribution is 0.253. The topological polar surface area (TPSA) is 41.1 Å². The van der Waals surface area contributed by atoms with Crippen LogP contribution in [0.25, 0.3) is 0 Å². The van der Waals surface area contributed by atoms with Gasteiger partial charge in [0.15, 0.2) is 11.6 Å². The van der Waals surface area contributed by atoms with Gasteiger partial charge in [-0.05, 0) is 12.1 Å². The summed E-state index contributed by atoms with van der Waals surface area (Å²) >= 11 is 0. The average Bonchev–Trinajstić information content (AvgIpc) is 2.20. The van der Waals surface area contributed by atoms with Crippen molar-refractivity contribution in [2.45, 2.75) is 0 Å². The van der Waals surface area contributed by atoms with E-state index < -0.39 is 17.7 Å². The Labute approximate surface area is 85.5 Å². The molecule has 0 spiro atoms. The van der Waals surface area contributed by atoms with Gasteiger partial charge < -0.3 is 10.6 Å². The number of anilines is 1. The molecule has 0 bridgehead atoms. The number of amides is 2. The van der Waals surface area contributed by atoms with E-state index in [0.29, 0.717) is 0 Å². The van der Waals surface area contributed by atoms with Crippen molar-refractivity contribution in [1.82, 2.24) is 5.32 Å². The molecule has 0 heterocycles. The largest absolute Gasteiger partial charge is 0.327 e. The summed E-state index contributed by atoms with van der Waals surface area (Å²) in [5.41, 5.74) is 0.156. The third kappa shape index (κ3) is 3.27. The van der Waals surface area contributed by atoms with E-state index in [1.807, 2.05) is 0 Å². The highest BCUT2D eigenvalue weighted by molar-refractivity contribution is 5.89. The zero-order valence-corrected chi connectivity index (χ0v) is 7.68. The molecule has 1 aromatic rings. The molecule has 0 aliphatic rings. The second kappa shape index (κ2) is 4.96. The first-order valence-corrected chi connectivity index (χ1v) is 4.07. The standard InChI is InChI=1S/C10H8F2N2O/c1-2-5-13-10(15)14-7-3-4-8(11)9(12)6-7/h1,3-4,6H,5H2,(H2,13,14,15). The second-order valence-corrected chi connectivity index (χ2v) is 2.64. The Bertz CT molecular complexity index is 412. The van der Waals surface area contributed by atoms with Crippen molar-refractivity contribution in [3.05, 3.63) is 29.8 Å². The number of hydrogen-bond acceptors (Lipinski definition) is 1. The smallest absolute Gasteiger partial charge is 0.319 e. The maximum atomic E-state index is 12.7. The Morgan fingerprint density at radius 2 is 2.13 bits per heavy atom. The van der Waals surface area contributed by atoms with E-state index in [-0.39, 0.29) is 12.2 Å². The SMILES string of the molecule is C#CCNC(=O)Nc1ccc(F)c(F)c1. The number of hydrogen-bond donors (Lipinski definition) is 2. The molecule has 0 aromatic heterocycles. The number of rotatable bonds is 2. The van der Waals surface area contributed by atoms with E-state index in [2.05, 4.69) is 16.6 Å². The highest BCUT2D eigenvalue weighted by atomic mass is 19.2. The molecule has 3 nitrogen and oxygen atoms in total. The minimum absolute atomic E-state index is 0.0650. The van der Waals surface area contributed by atoms with Crippen LogP contribution in [0, 0.1) is 24.0 Å². The van der Waals surface area contributed by atoms with E-state index in [1.54, 1.807) is 0 Å². The number of benzene rings is 1. The van der Waals surface area contributed by atoms with Gasteiger partial charge >= 0.3 is 6.03 Å². The number of carbonyl (C=O) groups is 1. The van der Waals surface area contributed by atoms with Crippen LogP contribution in [-0.4, -0.2) is 12.6 Å². The van der Waals surface area contributed by atoms with Crippen LogP contribution in [0.4, 0.5) is 19.3 Å². The number of carbonyl (C=O) groups excluding carboxylic acids is 1. The van der Waals surface area contributed by atoms with E-state index >= 15 is 0 Å². The highest BCUT2D eigenvalue weighted by Crippen LogP contribution is 2.12. The quantitative estimate of drug-likeness (QED) is 0.717. The van der Waals surface area contributed by atoms with Crippen molar-refractivity contribution < 1.29 is 13.6 Å². The van der Waals surface area contributed by atoms with Crippen molar-refractivity contribution in [2.24, 2.45) is 0 Å². The Morgan fingerprint density at radius 1 is 1.40 bits per heavy atom. The van der Waals surface area contributed by atoms with Gasteiger partial charge in [0.05, 0.1) is 6.54 Å². The lowest BCUT2D eigenvalue weighted by Crippen LogP contribution is -2.28. The van der Waals surface area contributed by atoms with E-state index in [0.717, 1.165) is 12.1 Å². The molecule has 78 valence electrons. The van der Waals surface area contributed by atoms with E-state index in [1.165, 1.54) is 6.07 Å². The number of terminal acetylenes is 1. The third-order valence-electron chi connectivity index (χ3n) is 1.53. The van der Waals surface area contributed by atoms with E-state index in [9.17, 15) is 13.6 Å². The molecule has 0 radical (unpaired) electrons. The van der Waals surface area contributed by atoms with Crippen molar-refractivity contribution >= 4 is 11.7 Å². The van der Waals surface area contributed by atoms with E-state index in [4.69, 9.17) is 6.42 Å². The van der Waals surface area contributed by atoms with Gasteiger partial charge in [0.1, 0.15) is 0 Å². The monoisotopic (exact) mass is 210 g/mol. The first-order chi connectivity index (χ1) is 7.13. The minimum Gasteiger partial charge on any atom is -0.327 e. The fourth-order valence-electron chi connectivity index (χ4n) is 0.880. The maximum absolute atomic E-state index is 12.7. The molecular formula is C10H8F2N2O. The van der Waals surface area contributed by atoms with Crippen LogP contribution in [0.2, 0.25) is 0 Å². The van der Waals surface area contributed by atoms with Crippen molar-refractivity contribution in [2.75, 3.05) is 11.9 Å². The van der Waals surface area contributed by atoms with Crippen molar-refractivity contribution in [1.29, 1.82) is 0 Å². The molecule has 0 saturated carbocycles. The summed E-state index contributed by atoms with van der Waals surface area (Å²) in [5, 5.41) is 4.61. The molecule has 0 unspecified atom stereocenters. The highest BCUT2D eigenvalue weighted by Gasteiger charge is 2.04. The van der Waals surface area contributed by atoms with Gasteiger partial charge in [0.25, 0.3) is 0 Å². The Morgan fingerprint density at radius 3 is 2.73 bits per heavy atom. The predicted molar refractivity (Wildman–Crippen MR) is 52.2 cm³/mol. The molecule has 5 heteroatoms. The fourth-order valence-corrected chi connectivity index (χ4v) is 0.880. The molecule has 0 saturated heterocycles. The lowest BCUT2D eigenvalue weighted by Gasteiger charge is -2.05. The number of halogens is 2. The molecule has 0 atom stereocenters. The summed E-state index contributed by atoms with van der Waals surface area (Å²) in [5.74, 6) is 0.208. The Kier molecular flexibility index (Phi) is 3.63.